The monoisotopic (exact) mass is 652 g/mol. The summed E-state index contributed by atoms with van der Waals surface area (Å²) in [6.07, 6.45) is -0.983. The summed E-state index contributed by atoms with van der Waals surface area (Å²) in [5.41, 5.74) is 4.67. The van der Waals surface area contributed by atoms with E-state index in [2.05, 4.69) is 24.9 Å². The number of amides is 1. The number of hydrogen-bond donors (Lipinski definition) is 2. The Bertz CT molecular complexity index is 1440. The van der Waals surface area contributed by atoms with Gasteiger partial charge in [-0.15, -0.1) is 12.2 Å². The van der Waals surface area contributed by atoms with Gasteiger partial charge in [-0.05, 0) is 56.3 Å². The van der Waals surface area contributed by atoms with Gasteiger partial charge in [0.15, 0.2) is 0 Å². The van der Waals surface area contributed by atoms with Crippen LogP contribution in [0.2, 0.25) is 5.02 Å². The standard InChI is InChI=1S/C24H30ClN4O.C4H3NO3.C2HF3O2/c1-16-5-6-21(11-22(16)25)27-8-4-10-28-12-19-14-29(15-20(19)13-28)24(30)23-17(2)7-9-26-18(23)3;6-4(7)3-1-2-5-8-3;3-2(4,5)1(6)7/h5-7,9,11,19-20H,4,8,10,12-15H2,1-3H3;1-2H,(H,6,7);(H,6,7)/q-1;;. The maximum atomic E-state index is 13.0. The number of benzene rings is 1. The number of carboxylic acids is 2. The molecule has 3 aromatic rings. The molecule has 2 fully saturated rings. The molecule has 0 bridgehead atoms. The molecule has 244 valence electrons. The number of aromatic nitrogens is 2. The second-order valence-corrected chi connectivity index (χ2v) is 11.1. The van der Waals surface area contributed by atoms with Gasteiger partial charge >= 0.3 is 18.1 Å². The number of rotatable bonds is 7. The summed E-state index contributed by atoms with van der Waals surface area (Å²) < 4.78 is 36.0. The minimum absolute atomic E-state index is 0.134. The van der Waals surface area contributed by atoms with E-state index in [1.54, 1.807) is 6.20 Å². The number of halogens is 4. The van der Waals surface area contributed by atoms with Crippen molar-refractivity contribution in [2.75, 3.05) is 39.3 Å². The van der Waals surface area contributed by atoms with E-state index in [-0.39, 0.29) is 11.7 Å². The number of carboxylic acid groups (broad SMARTS) is 2. The first-order valence-electron chi connectivity index (χ1n) is 14.0. The SMILES string of the molecule is Cc1ccc([N-]CCCN2CC3CN(C(=O)c4c(C)ccnc4C)CC3C2)cc1Cl.O=C(O)C(F)(F)F.O=C(O)c1ccno1. The molecule has 0 aliphatic carbocycles. The molecule has 5 rings (SSSR count). The molecule has 0 spiro atoms. The lowest BCUT2D eigenvalue weighted by Gasteiger charge is -2.25. The first-order chi connectivity index (χ1) is 21.2. The van der Waals surface area contributed by atoms with Crippen LogP contribution >= 0.6 is 11.6 Å². The topological polar surface area (TPSA) is 151 Å². The van der Waals surface area contributed by atoms with Crippen molar-refractivity contribution < 1.29 is 42.3 Å². The minimum atomic E-state index is -5.08. The van der Waals surface area contributed by atoms with E-state index in [1.165, 1.54) is 12.3 Å². The zero-order valence-electron chi connectivity index (χ0n) is 24.9. The van der Waals surface area contributed by atoms with Crippen LogP contribution in [0.15, 0.2) is 47.2 Å². The number of carbonyl (C=O) groups excluding carboxylic acids is 1. The van der Waals surface area contributed by atoms with Gasteiger partial charge < -0.3 is 29.9 Å². The van der Waals surface area contributed by atoms with Gasteiger partial charge in [0.25, 0.3) is 5.91 Å². The summed E-state index contributed by atoms with van der Waals surface area (Å²) in [6.45, 7) is 11.7. The van der Waals surface area contributed by atoms with Crippen molar-refractivity contribution in [3.8, 4) is 0 Å². The summed E-state index contributed by atoms with van der Waals surface area (Å²) in [6, 6.07) is 9.19. The zero-order valence-corrected chi connectivity index (χ0v) is 25.7. The number of nitrogens with zero attached hydrogens (tertiary/aromatic N) is 5. The first kappa shape index (κ1) is 35.3. The van der Waals surface area contributed by atoms with E-state index in [0.717, 1.165) is 78.8 Å². The molecule has 2 N–H and O–H groups in total. The van der Waals surface area contributed by atoms with Crippen LogP contribution in [0, 0.1) is 32.6 Å². The lowest BCUT2D eigenvalue weighted by atomic mass is 10.0. The molecule has 1 aromatic carbocycles. The first-order valence-corrected chi connectivity index (χ1v) is 14.4. The Morgan fingerprint density at radius 3 is 2.13 bits per heavy atom. The van der Waals surface area contributed by atoms with Crippen molar-refractivity contribution in [1.29, 1.82) is 0 Å². The molecule has 1 amide bonds. The third kappa shape index (κ3) is 10.2. The molecule has 2 aromatic heterocycles. The number of fused-ring (bicyclic) bond motifs is 1. The van der Waals surface area contributed by atoms with E-state index in [4.69, 9.17) is 26.6 Å². The fourth-order valence-corrected chi connectivity index (χ4v) is 5.30. The second kappa shape index (κ2) is 15.7. The maximum absolute atomic E-state index is 13.0. The van der Waals surface area contributed by atoms with Crippen LogP contribution in [0.3, 0.4) is 0 Å². The highest BCUT2D eigenvalue weighted by molar-refractivity contribution is 6.31. The average Bonchev–Trinajstić information content (AvgIpc) is 3.71. The Morgan fingerprint density at radius 1 is 1.00 bits per heavy atom. The van der Waals surface area contributed by atoms with Gasteiger partial charge in [-0.3, -0.25) is 9.78 Å². The second-order valence-electron chi connectivity index (χ2n) is 10.7. The van der Waals surface area contributed by atoms with Gasteiger partial charge in [0.2, 0.25) is 5.76 Å². The van der Waals surface area contributed by atoms with Crippen molar-refractivity contribution in [2.24, 2.45) is 11.8 Å². The lowest BCUT2D eigenvalue weighted by Crippen LogP contribution is -2.34. The Kier molecular flexibility index (Phi) is 12.3. The van der Waals surface area contributed by atoms with E-state index >= 15 is 0 Å². The Morgan fingerprint density at radius 2 is 1.64 bits per heavy atom. The van der Waals surface area contributed by atoms with Crippen LogP contribution in [0.5, 0.6) is 0 Å². The summed E-state index contributed by atoms with van der Waals surface area (Å²) >= 11 is 6.18. The highest BCUT2D eigenvalue weighted by Crippen LogP contribution is 2.33. The number of aryl methyl sites for hydroxylation is 3. The van der Waals surface area contributed by atoms with Crippen molar-refractivity contribution in [1.82, 2.24) is 19.9 Å². The van der Waals surface area contributed by atoms with E-state index < -0.39 is 18.1 Å². The van der Waals surface area contributed by atoms with Crippen LogP contribution in [0.1, 0.15) is 44.2 Å². The molecule has 2 unspecified atom stereocenters. The fourth-order valence-electron chi connectivity index (χ4n) is 5.12. The Balaban J connectivity index is 0.000000302. The molecule has 4 heterocycles. The molecule has 0 saturated carbocycles. The van der Waals surface area contributed by atoms with E-state index in [0.29, 0.717) is 11.8 Å². The summed E-state index contributed by atoms with van der Waals surface area (Å²) in [7, 11) is 0. The van der Waals surface area contributed by atoms with Crippen molar-refractivity contribution in [3.05, 3.63) is 81.2 Å². The molecule has 2 saturated heterocycles. The third-order valence-corrected chi connectivity index (χ3v) is 7.79. The number of pyridine rings is 1. The van der Waals surface area contributed by atoms with Gasteiger partial charge in [-0.25, -0.2) is 9.59 Å². The lowest BCUT2D eigenvalue weighted by molar-refractivity contribution is -0.192. The van der Waals surface area contributed by atoms with Gasteiger partial charge in [-0.1, -0.05) is 41.4 Å². The van der Waals surface area contributed by atoms with Gasteiger partial charge in [-0.2, -0.15) is 13.2 Å². The number of hydrogen-bond acceptors (Lipinski definition) is 7. The van der Waals surface area contributed by atoms with Gasteiger partial charge in [0, 0.05) is 43.5 Å². The molecule has 2 atom stereocenters. The zero-order chi connectivity index (χ0) is 33.3. The molecule has 2 aliphatic heterocycles. The summed E-state index contributed by atoms with van der Waals surface area (Å²) in [5, 5.41) is 23.9. The van der Waals surface area contributed by atoms with Crippen molar-refractivity contribution in [3.63, 3.8) is 0 Å². The number of alkyl halides is 3. The van der Waals surface area contributed by atoms with Crippen molar-refractivity contribution >= 4 is 35.1 Å². The molecule has 0 radical (unpaired) electrons. The maximum Gasteiger partial charge on any atom is 0.490 e. The molecule has 11 nitrogen and oxygen atoms in total. The average molecular weight is 653 g/mol. The predicted octanol–water partition coefficient (Wildman–Crippen LogP) is 5.77. The minimum Gasteiger partial charge on any atom is -0.684 e. The number of carbonyl (C=O) groups is 3. The summed E-state index contributed by atoms with van der Waals surface area (Å²) in [5.74, 6) is -2.67. The Hall–Kier alpha value is -4.17. The molecule has 2 aliphatic rings. The van der Waals surface area contributed by atoms with Crippen molar-refractivity contribution in [2.45, 2.75) is 33.4 Å². The van der Waals surface area contributed by atoms with Gasteiger partial charge in [0.1, 0.15) is 0 Å². The van der Waals surface area contributed by atoms with Crippen LogP contribution in [-0.4, -0.2) is 93.4 Å². The van der Waals surface area contributed by atoms with Crippen LogP contribution < -0.4 is 0 Å². The number of aromatic carboxylic acids is 1. The van der Waals surface area contributed by atoms with Crippen LogP contribution in [0.4, 0.5) is 18.9 Å². The number of likely N-dealkylation sites (tertiary alicyclic amines) is 2. The van der Waals surface area contributed by atoms with Crippen LogP contribution in [-0.2, 0) is 4.79 Å². The number of aliphatic carboxylic acids is 1. The van der Waals surface area contributed by atoms with Crippen LogP contribution in [0.25, 0.3) is 5.32 Å². The highest BCUT2D eigenvalue weighted by atomic mass is 35.5. The quantitative estimate of drug-likeness (QED) is 0.303. The third-order valence-electron chi connectivity index (χ3n) is 7.39. The fraction of sp³-hybridized carbons (Fsp3) is 0.433. The largest absolute Gasteiger partial charge is 0.684 e. The smallest absolute Gasteiger partial charge is 0.490 e. The molecular weight excluding hydrogens is 619 g/mol. The molecular formula is C30H34ClF3N5O6-. The highest BCUT2D eigenvalue weighted by Gasteiger charge is 2.42. The molecule has 15 heteroatoms. The van der Waals surface area contributed by atoms with E-state index in [1.807, 2.05) is 49.9 Å². The molecule has 45 heavy (non-hydrogen) atoms. The summed E-state index contributed by atoms with van der Waals surface area (Å²) in [4.78, 5) is 40.8. The predicted molar refractivity (Wildman–Crippen MR) is 159 cm³/mol. The van der Waals surface area contributed by atoms with E-state index in [9.17, 15) is 22.8 Å². The Labute approximate surface area is 263 Å². The normalized spacial score (nSPS) is 17.4. The van der Waals surface area contributed by atoms with Gasteiger partial charge in [0.05, 0.1) is 17.5 Å².